The zero-order valence-corrected chi connectivity index (χ0v) is 15.1. The van der Waals surface area contributed by atoms with Crippen molar-refractivity contribution in [2.45, 2.75) is 13.5 Å². The summed E-state index contributed by atoms with van der Waals surface area (Å²) in [6.07, 6.45) is 3.94. The maximum atomic E-state index is 12.3. The first-order valence-electron chi connectivity index (χ1n) is 8.59. The van der Waals surface area contributed by atoms with Gasteiger partial charge in [-0.2, -0.15) is 4.98 Å². The van der Waals surface area contributed by atoms with Crippen molar-refractivity contribution in [3.05, 3.63) is 78.2 Å². The first-order chi connectivity index (χ1) is 13.1. The van der Waals surface area contributed by atoms with Crippen LogP contribution >= 0.6 is 0 Å². The molecule has 0 atom stereocenters. The molecule has 0 aliphatic rings. The standard InChI is InChI=1S/C20H19N5O2/c1-14-5-8-17(24(14)2)13-21-19(26)20-22-18(23-27-20)15-6-9-16(10-7-15)25-11-3-4-12-25/h3-12H,13H2,1-2H3,(H,21,26). The predicted octanol–water partition coefficient (Wildman–Crippen LogP) is 3.10. The molecule has 4 rings (SSSR count). The zero-order chi connectivity index (χ0) is 18.8. The molecule has 136 valence electrons. The van der Waals surface area contributed by atoms with Gasteiger partial charge in [-0.25, -0.2) is 0 Å². The first-order valence-corrected chi connectivity index (χ1v) is 8.59. The van der Waals surface area contributed by atoms with E-state index in [9.17, 15) is 4.79 Å². The number of carbonyl (C=O) groups is 1. The molecule has 0 spiro atoms. The Hall–Kier alpha value is -3.61. The molecule has 7 heteroatoms. The molecule has 1 aromatic carbocycles. The SMILES string of the molecule is Cc1ccc(CNC(=O)c2nc(-c3ccc(-n4cccc4)cc3)no2)n1C. The van der Waals surface area contributed by atoms with Gasteiger partial charge in [0.1, 0.15) is 0 Å². The molecule has 0 saturated carbocycles. The molecule has 0 radical (unpaired) electrons. The van der Waals surface area contributed by atoms with Crippen molar-refractivity contribution in [1.29, 1.82) is 0 Å². The minimum Gasteiger partial charge on any atom is -0.350 e. The summed E-state index contributed by atoms with van der Waals surface area (Å²) in [6.45, 7) is 2.41. The number of benzene rings is 1. The molecule has 3 aromatic heterocycles. The van der Waals surface area contributed by atoms with Gasteiger partial charge in [0.05, 0.1) is 6.54 Å². The summed E-state index contributed by atoms with van der Waals surface area (Å²) in [6, 6.07) is 15.6. The molecule has 7 nitrogen and oxygen atoms in total. The van der Waals surface area contributed by atoms with E-state index in [2.05, 4.69) is 15.5 Å². The highest BCUT2D eigenvalue weighted by atomic mass is 16.5. The van der Waals surface area contributed by atoms with Crippen molar-refractivity contribution in [1.82, 2.24) is 24.6 Å². The van der Waals surface area contributed by atoms with E-state index in [0.717, 1.165) is 22.6 Å². The monoisotopic (exact) mass is 361 g/mol. The number of hydrogen-bond acceptors (Lipinski definition) is 4. The highest BCUT2D eigenvalue weighted by Gasteiger charge is 2.16. The summed E-state index contributed by atoms with van der Waals surface area (Å²) in [5.74, 6) is -0.0594. The molecule has 0 saturated heterocycles. The number of amides is 1. The third kappa shape index (κ3) is 3.39. The zero-order valence-electron chi connectivity index (χ0n) is 15.1. The van der Waals surface area contributed by atoms with E-state index in [4.69, 9.17) is 4.52 Å². The summed E-state index contributed by atoms with van der Waals surface area (Å²) in [4.78, 5) is 16.5. The topological polar surface area (TPSA) is 77.9 Å². The average Bonchev–Trinajstić information content (AvgIpc) is 3.43. The number of carbonyl (C=O) groups excluding carboxylic acids is 1. The van der Waals surface area contributed by atoms with Gasteiger partial charge in [-0.1, -0.05) is 5.16 Å². The fraction of sp³-hybridized carbons (Fsp3) is 0.150. The fourth-order valence-corrected chi connectivity index (χ4v) is 2.81. The van der Waals surface area contributed by atoms with Crippen molar-refractivity contribution in [2.75, 3.05) is 0 Å². The Morgan fingerprint density at radius 1 is 1.11 bits per heavy atom. The summed E-state index contributed by atoms with van der Waals surface area (Å²) in [7, 11) is 1.96. The Morgan fingerprint density at radius 3 is 2.52 bits per heavy atom. The lowest BCUT2D eigenvalue weighted by Gasteiger charge is -2.05. The molecule has 0 unspecified atom stereocenters. The van der Waals surface area contributed by atoms with Crippen molar-refractivity contribution < 1.29 is 9.32 Å². The van der Waals surface area contributed by atoms with Crippen LogP contribution in [0.3, 0.4) is 0 Å². The maximum absolute atomic E-state index is 12.3. The Kier molecular flexibility index (Phi) is 4.33. The summed E-state index contributed by atoms with van der Waals surface area (Å²) >= 11 is 0. The third-order valence-corrected chi connectivity index (χ3v) is 4.56. The molecular formula is C20H19N5O2. The summed E-state index contributed by atoms with van der Waals surface area (Å²) < 4.78 is 9.15. The molecule has 1 amide bonds. The van der Waals surface area contributed by atoms with Crippen LogP contribution in [-0.4, -0.2) is 25.2 Å². The van der Waals surface area contributed by atoms with Gasteiger partial charge in [-0.3, -0.25) is 4.79 Å². The predicted molar refractivity (Wildman–Crippen MR) is 100 cm³/mol. The van der Waals surface area contributed by atoms with E-state index in [1.165, 1.54) is 0 Å². The lowest BCUT2D eigenvalue weighted by Crippen LogP contribution is -2.24. The molecule has 1 N–H and O–H groups in total. The maximum Gasteiger partial charge on any atom is 0.316 e. The van der Waals surface area contributed by atoms with E-state index in [-0.39, 0.29) is 5.89 Å². The van der Waals surface area contributed by atoms with Crippen LogP contribution in [-0.2, 0) is 13.6 Å². The fourth-order valence-electron chi connectivity index (χ4n) is 2.81. The van der Waals surface area contributed by atoms with Crippen molar-refractivity contribution in [3.8, 4) is 17.1 Å². The third-order valence-electron chi connectivity index (χ3n) is 4.56. The van der Waals surface area contributed by atoms with Crippen LogP contribution in [0.5, 0.6) is 0 Å². The Morgan fingerprint density at radius 2 is 1.85 bits per heavy atom. The number of aromatic nitrogens is 4. The number of hydrogen-bond donors (Lipinski definition) is 1. The number of nitrogens with zero attached hydrogens (tertiary/aromatic N) is 4. The van der Waals surface area contributed by atoms with Gasteiger partial charge in [0.15, 0.2) is 0 Å². The molecule has 0 bridgehead atoms. The van der Waals surface area contributed by atoms with Crippen molar-refractivity contribution in [3.63, 3.8) is 0 Å². The second-order valence-electron chi connectivity index (χ2n) is 6.27. The quantitative estimate of drug-likeness (QED) is 0.592. The Balaban J connectivity index is 1.44. The van der Waals surface area contributed by atoms with Crippen LogP contribution in [0.2, 0.25) is 0 Å². The molecular weight excluding hydrogens is 342 g/mol. The molecule has 4 aromatic rings. The van der Waals surface area contributed by atoms with Gasteiger partial charge < -0.3 is 19.0 Å². The second-order valence-corrected chi connectivity index (χ2v) is 6.27. The van der Waals surface area contributed by atoms with Crippen LogP contribution in [0.25, 0.3) is 17.1 Å². The summed E-state index contributed by atoms with van der Waals surface area (Å²) in [5.41, 5.74) is 3.94. The van der Waals surface area contributed by atoms with E-state index >= 15 is 0 Å². The summed E-state index contributed by atoms with van der Waals surface area (Å²) in [5, 5.41) is 6.72. The van der Waals surface area contributed by atoms with E-state index < -0.39 is 5.91 Å². The highest BCUT2D eigenvalue weighted by Crippen LogP contribution is 2.18. The van der Waals surface area contributed by atoms with Crippen molar-refractivity contribution >= 4 is 5.91 Å². The van der Waals surface area contributed by atoms with Crippen LogP contribution in [0.1, 0.15) is 22.1 Å². The Labute approximate surface area is 156 Å². The number of nitrogens with one attached hydrogen (secondary N) is 1. The minimum atomic E-state index is -0.392. The Bertz CT molecular complexity index is 1060. The average molecular weight is 361 g/mol. The van der Waals surface area contributed by atoms with Gasteiger partial charge in [-0.05, 0) is 55.5 Å². The molecule has 0 aliphatic carbocycles. The van der Waals surface area contributed by atoms with Crippen LogP contribution in [0, 0.1) is 6.92 Å². The van der Waals surface area contributed by atoms with Crippen LogP contribution in [0.15, 0.2) is 65.4 Å². The highest BCUT2D eigenvalue weighted by molar-refractivity contribution is 5.89. The van der Waals surface area contributed by atoms with E-state index in [1.54, 1.807) is 0 Å². The van der Waals surface area contributed by atoms with E-state index in [1.807, 2.05) is 84.0 Å². The second kappa shape index (κ2) is 6.95. The first kappa shape index (κ1) is 16.8. The number of aryl methyl sites for hydroxylation is 1. The normalized spacial score (nSPS) is 10.9. The smallest absolute Gasteiger partial charge is 0.316 e. The van der Waals surface area contributed by atoms with Gasteiger partial charge in [0.2, 0.25) is 5.82 Å². The van der Waals surface area contributed by atoms with Gasteiger partial charge in [0.25, 0.3) is 0 Å². The number of rotatable bonds is 5. The molecule has 0 aliphatic heterocycles. The van der Waals surface area contributed by atoms with Crippen LogP contribution in [0.4, 0.5) is 0 Å². The van der Waals surface area contributed by atoms with Crippen molar-refractivity contribution in [2.24, 2.45) is 7.05 Å². The van der Waals surface area contributed by atoms with Gasteiger partial charge >= 0.3 is 11.8 Å². The van der Waals surface area contributed by atoms with E-state index in [0.29, 0.717) is 12.4 Å². The molecule has 3 heterocycles. The minimum absolute atomic E-state index is 0.0505. The van der Waals surface area contributed by atoms with Gasteiger partial charge in [-0.15, -0.1) is 0 Å². The van der Waals surface area contributed by atoms with Crippen LogP contribution < -0.4 is 5.32 Å². The lowest BCUT2D eigenvalue weighted by atomic mass is 10.2. The lowest BCUT2D eigenvalue weighted by molar-refractivity contribution is 0.0906. The van der Waals surface area contributed by atoms with Gasteiger partial charge in [0, 0.05) is 42.1 Å². The molecule has 27 heavy (non-hydrogen) atoms. The largest absolute Gasteiger partial charge is 0.350 e. The molecule has 0 fully saturated rings.